The van der Waals surface area contributed by atoms with E-state index in [0.717, 1.165) is 0 Å². The van der Waals surface area contributed by atoms with Crippen LogP contribution in [0.1, 0.15) is 46.5 Å². The van der Waals surface area contributed by atoms with E-state index < -0.39 is 0 Å². The summed E-state index contributed by atoms with van der Waals surface area (Å²) in [5.74, 6) is 1.17. The number of hydrogen-bond acceptors (Lipinski definition) is 2. The molecule has 0 N–H and O–H groups in total. The molecule has 0 atom stereocenters. The Labute approximate surface area is 87.6 Å². The summed E-state index contributed by atoms with van der Waals surface area (Å²) in [7, 11) is 0. The van der Waals surface area contributed by atoms with Gasteiger partial charge in [-0.1, -0.05) is 40.0 Å². The first-order chi connectivity index (χ1) is 6.43. The summed E-state index contributed by atoms with van der Waals surface area (Å²) in [5.41, 5.74) is 0. The average molecular weight is 201 g/mol. The van der Waals surface area contributed by atoms with E-state index in [-0.39, 0.29) is 0 Å². The molecule has 0 fully saturated rings. The highest BCUT2D eigenvalue weighted by molar-refractivity contribution is 8.02. The number of rotatable bonds is 5. The van der Waals surface area contributed by atoms with Gasteiger partial charge in [-0.25, -0.2) is 0 Å². The van der Waals surface area contributed by atoms with Crippen LogP contribution in [0.3, 0.4) is 0 Å². The van der Waals surface area contributed by atoms with E-state index in [1.165, 1.54) is 38.1 Å². The van der Waals surface area contributed by atoms with E-state index in [4.69, 9.17) is 0 Å². The lowest BCUT2D eigenvalue weighted by atomic mass is 10.2. The molecule has 1 aliphatic rings. The van der Waals surface area contributed by atoms with E-state index in [1.54, 1.807) is 0 Å². The molecule has 0 saturated carbocycles. The maximum atomic E-state index is 2.39. The van der Waals surface area contributed by atoms with Crippen LogP contribution in [0.2, 0.25) is 0 Å². The Hall–Kier alpha value is -0.110. The molecule has 0 saturated heterocycles. The second kappa shape index (κ2) is 9.97. The van der Waals surface area contributed by atoms with Crippen LogP contribution >= 0.6 is 11.8 Å². The summed E-state index contributed by atoms with van der Waals surface area (Å²) in [5, 5.41) is 2.18. The molecule has 0 unspecified atom stereocenters. The SMILES string of the molecule is CC.CCCCCCN1C=CSC1. The van der Waals surface area contributed by atoms with Crippen molar-refractivity contribution in [3.05, 3.63) is 11.6 Å². The van der Waals surface area contributed by atoms with Crippen molar-refractivity contribution >= 4 is 11.8 Å². The Kier molecular flexibility index (Phi) is 9.89. The van der Waals surface area contributed by atoms with Gasteiger partial charge in [0, 0.05) is 12.7 Å². The van der Waals surface area contributed by atoms with E-state index in [9.17, 15) is 0 Å². The van der Waals surface area contributed by atoms with Gasteiger partial charge in [0.1, 0.15) is 0 Å². The zero-order valence-electron chi connectivity index (χ0n) is 9.25. The first kappa shape index (κ1) is 12.9. The lowest BCUT2D eigenvalue weighted by molar-refractivity contribution is 0.424. The fourth-order valence-corrected chi connectivity index (χ4v) is 1.94. The molecule has 1 aliphatic heterocycles. The summed E-state index contributed by atoms with van der Waals surface area (Å²) in [6, 6.07) is 0. The second-order valence-corrected chi connectivity index (χ2v) is 3.82. The van der Waals surface area contributed by atoms with Crippen molar-refractivity contribution in [2.75, 3.05) is 12.4 Å². The van der Waals surface area contributed by atoms with Gasteiger partial charge in [0.15, 0.2) is 0 Å². The number of nitrogens with zero attached hydrogens (tertiary/aromatic N) is 1. The fraction of sp³-hybridized carbons (Fsp3) is 0.818. The molecule has 0 aromatic carbocycles. The maximum absolute atomic E-state index is 2.39. The Bertz CT molecular complexity index is 123. The van der Waals surface area contributed by atoms with Gasteiger partial charge in [0.2, 0.25) is 0 Å². The molecule has 0 aliphatic carbocycles. The lowest BCUT2D eigenvalue weighted by Gasteiger charge is -2.13. The molecule has 1 rings (SSSR count). The minimum atomic E-state index is 1.17. The van der Waals surface area contributed by atoms with Gasteiger partial charge in [0.05, 0.1) is 5.88 Å². The van der Waals surface area contributed by atoms with Gasteiger partial charge in [-0.15, -0.1) is 11.8 Å². The molecule has 13 heavy (non-hydrogen) atoms. The van der Waals surface area contributed by atoms with Crippen molar-refractivity contribution in [3.63, 3.8) is 0 Å². The Morgan fingerprint density at radius 1 is 1.23 bits per heavy atom. The monoisotopic (exact) mass is 201 g/mol. The molecule has 1 heterocycles. The normalized spacial score (nSPS) is 14.2. The Balaban J connectivity index is 0.000000671. The number of hydrogen-bond donors (Lipinski definition) is 0. The van der Waals surface area contributed by atoms with Crippen molar-refractivity contribution < 1.29 is 0 Å². The number of thioether (sulfide) groups is 1. The van der Waals surface area contributed by atoms with Crippen LogP contribution in [0, 0.1) is 0 Å². The maximum Gasteiger partial charge on any atom is 0.0675 e. The highest BCUT2D eigenvalue weighted by Gasteiger charge is 2.02. The van der Waals surface area contributed by atoms with Crippen LogP contribution in [0.15, 0.2) is 11.6 Å². The summed E-state index contributed by atoms with van der Waals surface area (Å²) >= 11 is 1.89. The molecule has 0 aromatic rings. The number of unbranched alkanes of at least 4 members (excludes halogenated alkanes) is 3. The Morgan fingerprint density at radius 3 is 2.54 bits per heavy atom. The minimum absolute atomic E-state index is 1.17. The lowest BCUT2D eigenvalue weighted by Crippen LogP contribution is -2.14. The standard InChI is InChI=1S/C9H17NS.C2H6/c1-2-3-4-5-6-10-7-8-11-9-10;1-2/h7-8H,2-6,9H2,1H3;1-2H3. The smallest absolute Gasteiger partial charge is 0.0675 e. The molecule has 0 amide bonds. The molecule has 78 valence electrons. The van der Waals surface area contributed by atoms with Crippen molar-refractivity contribution in [2.24, 2.45) is 0 Å². The first-order valence-electron chi connectivity index (χ1n) is 5.46. The zero-order chi connectivity index (χ0) is 9.94. The van der Waals surface area contributed by atoms with Crippen LogP contribution in [-0.4, -0.2) is 17.3 Å². The van der Waals surface area contributed by atoms with Gasteiger partial charge in [-0.3, -0.25) is 0 Å². The van der Waals surface area contributed by atoms with Gasteiger partial charge in [-0.05, 0) is 11.8 Å². The minimum Gasteiger partial charge on any atom is -0.367 e. The molecule has 0 aromatic heterocycles. The molecule has 0 bridgehead atoms. The van der Waals surface area contributed by atoms with E-state index in [2.05, 4.69) is 23.4 Å². The van der Waals surface area contributed by atoms with E-state index in [0.29, 0.717) is 0 Å². The van der Waals surface area contributed by atoms with Crippen molar-refractivity contribution in [1.29, 1.82) is 0 Å². The van der Waals surface area contributed by atoms with Gasteiger partial charge in [0.25, 0.3) is 0 Å². The van der Waals surface area contributed by atoms with Crippen LogP contribution in [0.25, 0.3) is 0 Å². The van der Waals surface area contributed by atoms with Crippen LogP contribution in [-0.2, 0) is 0 Å². The predicted molar refractivity (Wildman–Crippen MR) is 63.8 cm³/mol. The summed E-state index contributed by atoms with van der Waals surface area (Å²) in [6.07, 6.45) is 7.69. The molecule has 0 spiro atoms. The summed E-state index contributed by atoms with van der Waals surface area (Å²) in [4.78, 5) is 2.39. The fourth-order valence-electron chi connectivity index (χ4n) is 1.19. The van der Waals surface area contributed by atoms with Crippen molar-refractivity contribution in [1.82, 2.24) is 4.90 Å². The molecule has 0 radical (unpaired) electrons. The highest BCUT2D eigenvalue weighted by atomic mass is 32.2. The van der Waals surface area contributed by atoms with Gasteiger partial charge in [-0.2, -0.15) is 0 Å². The van der Waals surface area contributed by atoms with Crippen LogP contribution < -0.4 is 0 Å². The van der Waals surface area contributed by atoms with Crippen LogP contribution in [0.5, 0.6) is 0 Å². The largest absolute Gasteiger partial charge is 0.367 e. The zero-order valence-corrected chi connectivity index (χ0v) is 10.1. The first-order valence-corrected chi connectivity index (χ1v) is 6.50. The summed E-state index contributed by atoms with van der Waals surface area (Å²) in [6.45, 7) is 7.51. The molecule has 1 nitrogen and oxygen atoms in total. The van der Waals surface area contributed by atoms with E-state index >= 15 is 0 Å². The average Bonchev–Trinajstić information content (AvgIpc) is 2.68. The topological polar surface area (TPSA) is 3.24 Å². The van der Waals surface area contributed by atoms with Gasteiger partial charge >= 0.3 is 0 Å². The van der Waals surface area contributed by atoms with Crippen molar-refractivity contribution in [3.8, 4) is 0 Å². The third-order valence-corrected chi connectivity index (χ3v) is 2.70. The second-order valence-electron chi connectivity index (χ2n) is 2.95. The Morgan fingerprint density at radius 2 is 2.00 bits per heavy atom. The summed E-state index contributed by atoms with van der Waals surface area (Å²) < 4.78 is 0. The third-order valence-electron chi connectivity index (χ3n) is 1.91. The highest BCUT2D eigenvalue weighted by Crippen LogP contribution is 2.15. The quantitative estimate of drug-likeness (QED) is 0.617. The van der Waals surface area contributed by atoms with Gasteiger partial charge < -0.3 is 4.90 Å². The molecular formula is C11H23NS. The van der Waals surface area contributed by atoms with Crippen LogP contribution in [0.4, 0.5) is 0 Å². The van der Waals surface area contributed by atoms with E-state index in [1.807, 2.05) is 25.6 Å². The molecule has 2 heteroatoms. The molecular weight excluding hydrogens is 178 g/mol. The predicted octanol–water partition coefficient (Wildman–Crippen LogP) is 4.07. The third kappa shape index (κ3) is 7.00. The van der Waals surface area contributed by atoms with Crippen molar-refractivity contribution in [2.45, 2.75) is 46.5 Å².